The van der Waals surface area contributed by atoms with E-state index in [9.17, 15) is 0 Å². The number of aromatic nitrogens is 4. The quantitative estimate of drug-likeness (QED) is 0.552. The van der Waals surface area contributed by atoms with Crippen LogP contribution in [0.3, 0.4) is 0 Å². The van der Waals surface area contributed by atoms with Crippen molar-refractivity contribution in [2.75, 3.05) is 38.2 Å². The van der Waals surface area contributed by atoms with Crippen molar-refractivity contribution in [2.45, 2.75) is 6.54 Å². The zero-order valence-corrected chi connectivity index (χ0v) is 17.0. The Labute approximate surface area is 175 Å². The zero-order chi connectivity index (χ0) is 20.3. The molecule has 0 saturated carbocycles. The van der Waals surface area contributed by atoms with Gasteiger partial charge in [0, 0.05) is 5.56 Å². The summed E-state index contributed by atoms with van der Waals surface area (Å²) in [5.41, 5.74) is 3.17. The maximum absolute atomic E-state index is 5.25. The summed E-state index contributed by atoms with van der Waals surface area (Å²) in [5.74, 6) is 1.79. The predicted octanol–water partition coefficient (Wildman–Crippen LogP) is 1.73. The lowest BCUT2D eigenvalue weighted by Crippen LogP contribution is -3.13. The molecule has 0 atom stereocenters. The molecule has 0 aliphatic carbocycles. The van der Waals surface area contributed by atoms with Gasteiger partial charge in [0.1, 0.15) is 24.4 Å². The first kappa shape index (κ1) is 18.6. The lowest BCUT2D eigenvalue weighted by atomic mass is 10.2. The summed E-state index contributed by atoms with van der Waals surface area (Å²) in [6, 6.07) is 18.5. The number of quaternary nitrogens is 1. The van der Waals surface area contributed by atoms with E-state index in [0.717, 1.165) is 61.0 Å². The number of methoxy groups -OCH3 is 1. The Hall–Kier alpha value is -3.45. The molecule has 1 N–H and O–H groups in total. The van der Waals surface area contributed by atoms with Gasteiger partial charge >= 0.3 is 0 Å². The van der Waals surface area contributed by atoms with Crippen LogP contribution >= 0.6 is 0 Å². The zero-order valence-electron chi connectivity index (χ0n) is 17.0. The van der Waals surface area contributed by atoms with Gasteiger partial charge in [-0.2, -0.15) is 5.10 Å². The van der Waals surface area contributed by atoms with Crippen LogP contribution in [-0.4, -0.2) is 53.0 Å². The highest BCUT2D eigenvalue weighted by Gasteiger charge is 2.23. The number of ether oxygens (including phenoxy) is 1. The molecule has 1 saturated heterocycles. The first-order valence-electron chi connectivity index (χ1n) is 10.3. The van der Waals surface area contributed by atoms with Crippen LogP contribution in [-0.2, 0) is 6.54 Å². The predicted molar refractivity (Wildman–Crippen MR) is 116 cm³/mol. The molecule has 0 bridgehead atoms. The molecule has 5 rings (SSSR count). The summed E-state index contributed by atoms with van der Waals surface area (Å²) in [6.45, 7) is 5.20. The average molecular weight is 401 g/mol. The molecule has 1 aliphatic rings. The Balaban J connectivity index is 1.35. The molecule has 30 heavy (non-hydrogen) atoms. The Bertz CT molecular complexity index is 1120. The Morgan fingerprint density at radius 3 is 2.47 bits per heavy atom. The van der Waals surface area contributed by atoms with Gasteiger partial charge in [-0.1, -0.05) is 30.3 Å². The molecule has 0 radical (unpaired) electrons. The van der Waals surface area contributed by atoms with Crippen LogP contribution in [0, 0.1) is 0 Å². The lowest BCUT2D eigenvalue weighted by molar-refractivity contribution is -0.914. The summed E-state index contributed by atoms with van der Waals surface area (Å²) in [4.78, 5) is 13.1. The van der Waals surface area contributed by atoms with Gasteiger partial charge < -0.3 is 14.5 Å². The van der Waals surface area contributed by atoms with Crippen molar-refractivity contribution < 1.29 is 9.64 Å². The third-order valence-electron chi connectivity index (χ3n) is 5.73. The van der Waals surface area contributed by atoms with Crippen molar-refractivity contribution in [3.8, 4) is 11.4 Å². The van der Waals surface area contributed by atoms with Crippen molar-refractivity contribution in [1.29, 1.82) is 0 Å². The maximum atomic E-state index is 5.25. The van der Waals surface area contributed by atoms with Gasteiger partial charge in [-0.3, -0.25) is 0 Å². The molecule has 152 valence electrons. The number of piperazine rings is 1. The van der Waals surface area contributed by atoms with E-state index in [2.05, 4.69) is 50.3 Å². The third-order valence-corrected chi connectivity index (χ3v) is 5.73. The fourth-order valence-corrected chi connectivity index (χ4v) is 4.09. The van der Waals surface area contributed by atoms with Gasteiger partial charge in [0.15, 0.2) is 5.65 Å². The number of fused-ring (bicyclic) bond motifs is 1. The van der Waals surface area contributed by atoms with Crippen molar-refractivity contribution in [3.05, 3.63) is 72.7 Å². The van der Waals surface area contributed by atoms with Crippen molar-refractivity contribution in [1.82, 2.24) is 19.7 Å². The van der Waals surface area contributed by atoms with Crippen LogP contribution in [0.25, 0.3) is 16.7 Å². The first-order chi connectivity index (χ1) is 14.8. The fourth-order valence-electron chi connectivity index (χ4n) is 4.09. The van der Waals surface area contributed by atoms with E-state index >= 15 is 0 Å². The number of hydrogen-bond acceptors (Lipinski definition) is 5. The second kappa shape index (κ2) is 8.12. The summed E-state index contributed by atoms with van der Waals surface area (Å²) in [5, 5.41) is 5.57. The SMILES string of the molecule is COc1ccc(-n2ncc3c(N4CC[NH+](Cc5ccccc5)CC4)ncnc32)cc1. The van der Waals surface area contributed by atoms with Crippen LogP contribution in [0.5, 0.6) is 5.75 Å². The van der Waals surface area contributed by atoms with E-state index in [1.807, 2.05) is 35.1 Å². The van der Waals surface area contributed by atoms with Gasteiger partial charge in [-0.25, -0.2) is 14.6 Å². The van der Waals surface area contributed by atoms with Crippen LogP contribution in [0.2, 0.25) is 0 Å². The molecular formula is C23H25N6O+. The number of benzene rings is 2. The topological polar surface area (TPSA) is 60.5 Å². The highest BCUT2D eigenvalue weighted by Crippen LogP contribution is 2.25. The van der Waals surface area contributed by atoms with Crippen LogP contribution in [0.15, 0.2) is 67.1 Å². The molecule has 2 aromatic carbocycles. The number of hydrogen-bond donors (Lipinski definition) is 1. The molecule has 0 unspecified atom stereocenters. The van der Waals surface area contributed by atoms with E-state index in [4.69, 9.17) is 4.74 Å². The summed E-state index contributed by atoms with van der Waals surface area (Å²) in [7, 11) is 1.67. The van der Waals surface area contributed by atoms with Gasteiger partial charge in [-0.05, 0) is 24.3 Å². The van der Waals surface area contributed by atoms with E-state index in [0.29, 0.717) is 0 Å². The molecule has 7 nitrogen and oxygen atoms in total. The Kier molecular flexibility index (Phi) is 5.03. The standard InChI is InChI=1S/C23H24N6O/c1-30-20-9-7-19(8-10-20)29-23-21(15-26-29)22(24-17-25-23)28-13-11-27(12-14-28)16-18-5-3-2-4-6-18/h2-10,15,17H,11-14,16H2,1H3/p+1. The molecule has 0 amide bonds. The van der Waals surface area contributed by atoms with E-state index < -0.39 is 0 Å². The van der Waals surface area contributed by atoms with E-state index in [1.165, 1.54) is 5.56 Å². The Morgan fingerprint density at radius 2 is 1.73 bits per heavy atom. The van der Waals surface area contributed by atoms with Crippen LogP contribution in [0.4, 0.5) is 5.82 Å². The van der Waals surface area contributed by atoms with Gasteiger partial charge in [0.2, 0.25) is 0 Å². The molecule has 1 fully saturated rings. The van der Waals surface area contributed by atoms with Gasteiger partial charge in [0.05, 0.1) is 50.6 Å². The van der Waals surface area contributed by atoms with Crippen molar-refractivity contribution >= 4 is 16.9 Å². The smallest absolute Gasteiger partial charge is 0.168 e. The van der Waals surface area contributed by atoms with E-state index in [1.54, 1.807) is 18.3 Å². The maximum Gasteiger partial charge on any atom is 0.168 e. The summed E-state index contributed by atoms with van der Waals surface area (Å²) in [6.07, 6.45) is 3.51. The minimum atomic E-state index is 0.821. The average Bonchev–Trinajstić information content (AvgIpc) is 3.25. The number of anilines is 1. The lowest BCUT2D eigenvalue weighted by Gasteiger charge is -2.33. The Morgan fingerprint density at radius 1 is 0.967 bits per heavy atom. The minimum absolute atomic E-state index is 0.821. The second-order valence-corrected chi connectivity index (χ2v) is 7.59. The van der Waals surface area contributed by atoms with E-state index in [-0.39, 0.29) is 0 Å². The third kappa shape index (κ3) is 3.59. The molecule has 3 heterocycles. The second-order valence-electron chi connectivity index (χ2n) is 7.59. The van der Waals surface area contributed by atoms with Crippen molar-refractivity contribution in [2.24, 2.45) is 0 Å². The molecule has 4 aromatic rings. The van der Waals surface area contributed by atoms with Gasteiger partial charge in [-0.15, -0.1) is 0 Å². The van der Waals surface area contributed by atoms with Crippen LogP contribution < -0.4 is 14.5 Å². The van der Waals surface area contributed by atoms with Gasteiger partial charge in [0.25, 0.3) is 0 Å². The minimum Gasteiger partial charge on any atom is -0.497 e. The molecule has 2 aromatic heterocycles. The highest BCUT2D eigenvalue weighted by molar-refractivity contribution is 5.87. The molecule has 0 spiro atoms. The normalized spacial score (nSPS) is 14.9. The highest BCUT2D eigenvalue weighted by atomic mass is 16.5. The molecule has 7 heteroatoms. The first-order valence-corrected chi connectivity index (χ1v) is 10.3. The monoisotopic (exact) mass is 401 g/mol. The fraction of sp³-hybridized carbons (Fsp3) is 0.261. The summed E-state index contributed by atoms with van der Waals surface area (Å²) < 4.78 is 7.11. The molecular weight excluding hydrogens is 376 g/mol. The number of nitrogens with zero attached hydrogens (tertiary/aromatic N) is 5. The van der Waals surface area contributed by atoms with Crippen molar-refractivity contribution in [3.63, 3.8) is 0 Å². The number of nitrogens with one attached hydrogen (secondary N) is 1. The number of rotatable bonds is 5. The van der Waals surface area contributed by atoms with Crippen LogP contribution in [0.1, 0.15) is 5.56 Å². The summed E-state index contributed by atoms with van der Waals surface area (Å²) >= 11 is 0. The largest absolute Gasteiger partial charge is 0.497 e. The molecule has 1 aliphatic heterocycles.